The standard InChI is InChI=1S/C30H25F3N6O4/c1-16-21(17-10-6-4-7-11-17)26-34-19(14-42-2)23(28(40)38(26)36-16)24-20(15-43-3)35-27-22(18-12-8-5-9-13-18)25(30(31,32)33)37-39(27)29(24)41/h4-13,36-37H,14-15H2,1-3H3. The summed E-state index contributed by atoms with van der Waals surface area (Å²) in [5.74, 6) is 0. The monoisotopic (exact) mass is 590 g/mol. The van der Waals surface area contributed by atoms with E-state index >= 15 is 0 Å². The molecule has 0 aliphatic rings. The summed E-state index contributed by atoms with van der Waals surface area (Å²) in [5.41, 5.74) is -0.974. The number of nitrogens with zero attached hydrogens (tertiary/aromatic N) is 4. The van der Waals surface area contributed by atoms with Gasteiger partial charge in [0.05, 0.1) is 41.3 Å². The summed E-state index contributed by atoms with van der Waals surface area (Å²) in [5, 5.41) is 5.22. The Bertz CT molecular complexity index is 2090. The molecule has 6 aromatic rings. The number of benzene rings is 2. The van der Waals surface area contributed by atoms with E-state index in [0.717, 1.165) is 5.56 Å². The lowest BCUT2D eigenvalue weighted by Crippen LogP contribution is -2.28. The van der Waals surface area contributed by atoms with E-state index in [1.54, 1.807) is 25.1 Å². The second-order valence-corrected chi connectivity index (χ2v) is 9.86. The first kappa shape index (κ1) is 28.1. The summed E-state index contributed by atoms with van der Waals surface area (Å²) >= 11 is 0. The van der Waals surface area contributed by atoms with Crippen LogP contribution in [0.1, 0.15) is 22.8 Å². The van der Waals surface area contributed by atoms with Gasteiger partial charge in [0.25, 0.3) is 11.1 Å². The Morgan fingerprint density at radius 3 is 1.60 bits per heavy atom. The van der Waals surface area contributed by atoms with Gasteiger partial charge in [-0.2, -0.15) is 17.7 Å². The molecule has 0 amide bonds. The van der Waals surface area contributed by atoms with E-state index in [2.05, 4.69) is 15.2 Å². The van der Waals surface area contributed by atoms with E-state index in [9.17, 15) is 22.8 Å². The number of rotatable bonds is 7. The van der Waals surface area contributed by atoms with Crippen molar-refractivity contribution < 1.29 is 22.6 Å². The van der Waals surface area contributed by atoms with E-state index < -0.39 is 23.0 Å². The van der Waals surface area contributed by atoms with Crippen molar-refractivity contribution in [1.29, 1.82) is 0 Å². The first-order valence-corrected chi connectivity index (χ1v) is 13.1. The lowest BCUT2D eigenvalue weighted by molar-refractivity contribution is -0.140. The molecule has 0 aliphatic heterocycles. The zero-order chi connectivity index (χ0) is 30.5. The van der Waals surface area contributed by atoms with Gasteiger partial charge in [0, 0.05) is 25.5 Å². The average molecular weight is 591 g/mol. The van der Waals surface area contributed by atoms with Gasteiger partial charge in [0.1, 0.15) is 5.69 Å². The zero-order valence-electron chi connectivity index (χ0n) is 23.2. The quantitative estimate of drug-likeness (QED) is 0.271. The Hall–Kier alpha value is -5.01. The van der Waals surface area contributed by atoms with E-state index in [4.69, 9.17) is 14.5 Å². The molecule has 0 aliphatic carbocycles. The summed E-state index contributed by atoms with van der Waals surface area (Å²) < 4.78 is 55.4. The van der Waals surface area contributed by atoms with Crippen molar-refractivity contribution in [3.8, 4) is 33.4 Å². The second-order valence-electron chi connectivity index (χ2n) is 9.86. The number of nitrogens with one attached hydrogen (secondary N) is 2. The molecule has 10 nitrogen and oxygen atoms in total. The fourth-order valence-corrected chi connectivity index (χ4v) is 5.36. The van der Waals surface area contributed by atoms with Crippen molar-refractivity contribution in [2.45, 2.75) is 26.3 Å². The highest BCUT2D eigenvalue weighted by molar-refractivity contribution is 5.83. The van der Waals surface area contributed by atoms with Crippen LogP contribution in [-0.2, 0) is 28.9 Å². The third-order valence-electron chi connectivity index (χ3n) is 7.11. The maximum Gasteiger partial charge on any atom is 0.433 e. The maximum atomic E-state index is 14.3. The van der Waals surface area contributed by atoms with Gasteiger partial charge in [-0.25, -0.2) is 14.5 Å². The van der Waals surface area contributed by atoms with Crippen LogP contribution in [0.5, 0.6) is 0 Å². The summed E-state index contributed by atoms with van der Waals surface area (Å²) in [6.07, 6.45) is -4.84. The lowest BCUT2D eigenvalue weighted by Gasteiger charge is -2.13. The number of aromatic nitrogens is 6. The molecule has 0 atom stereocenters. The van der Waals surface area contributed by atoms with E-state index in [-0.39, 0.29) is 52.5 Å². The normalized spacial score (nSPS) is 12.0. The van der Waals surface area contributed by atoms with Gasteiger partial charge >= 0.3 is 6.18 Å². The van der Waals surface area contributed by atoms with E-state index in [1.165, 1.54) is 30.9 Å². The highest BCUT2D eigenvalue weighted by Gasteiger charge is 2.39. The predicted molar refractivity (Wildman–Crippen MR) is 153 cm³/mol. The van der Waals surface area contributed by atoms with Crippen LogP contribution < -0.4 is 11.1 Å². The van der Waals surface area contributed by atoms with Gasteiger partial charge in [0.15, 0.2) is 11.3 Å². The van der Waals surface area contributed by atoms with Crippen LogP contribution in [0.4, 0.5) is 13.2 Å². The number of methoxy groups -OCH3 is 2. The van der Waals surface area contributed by atoms with Gasteiger partial charge in [-0.3, -0.25) is 19.8 Å². The van der Waals surface area contributed by atoms with Gasteiger partial charge < -0.3 is 9.47 Å². The molecule has 0 radical (unpaired) electrons. The second kappa shape index (κ2) is 10.7. The van der Waals surface area contributed by atoms with Crippen LogP contribution in [0.25, 0.3) is 44.7 Å². The first-order chi connectivity index (χ1) is 20.7. The first-order valence-electron chi connectivity index (χ1n) is 13.1. The Morgan fingerprint density at radius 1 is 0.698 bits per heavy atom. The molecule has 4 aromatic heterocycles. The number of aromatic amines is 2. The molecule has 0 unspecified atom stereocenters. The molecule has 43 heavy (non-hydrogen) atoms. The van der Waals surface area contributed by atoms with Crippen LogP contribution in [0.15, 0.2) is 70.3 Å². The molecule has 6 rings (SSSR count). The van der Waals surface area contributed by atoms with Crippen molar-refractivity contribution in [2.75, 3.05) is 14.2 Å². The Balaban J connectivity index is 1.72. The Morgan fingerprint density at radius 2 is 1.14 bits per heavy atom. The number of alkyl halides is 3. The number of fused-ring (bicyclic) bond motifs is 2. The summed E-state index contributed by atoms with van der Waals surface area (Å²) in [6, 6.07) is 17.2. The molecule has 13 heteroatoms. The van der Waals surface area contributed by atoms with Crippen LogP contribution in [0.3, 0.4) is 0 Å². The third-order valence-corrected chi connectivity index (χ3v) is 7.11. The maximum absolute atomic E-state index is 14.3. The number of ether oxygens (including phenoxy) is 2. The van der Waals surface area contributed by atoms with Gasteiger partial charge in [-0.1, -0.05) is 60.7 Å². The van der Waals surface area contributed by atoms with Crippen molar-refractivity contribution >= 4 is 11.3 Å². The molecular weight excluding hydrogens is 565 g/mol. The van der Waals surface area contributed by atoms with Gasteiger partial charge in [-0.05, 0) is 18.1 Å². The highest BCUT2D eigenvalue weighted by Crippen LogP contribution is 2.38. The minimum absolute atomic E-state index is 0.0276. The van der Waals surface area contributed by atoms with Crippen LogP contribution in [-0.4, -0.2) is 43.4 Å². The van der Waals surface area contributed by atoms with Crippen molar-refractivity contribution in [3.05, 3.63) is 104 Å². The predicted octanol–water partition coefficient (Wildman–Crippen LogP) is 4.98. The molecule has 0 saturated carbocycles. The molecule has 2 aromatic carbocycles. The largest absolute Gasteiger partial charge is 0.433 e. The number of hydrogen-bond acceptors (Lipinski definition) is 6. The molecule has 0 fully saturated rings. The fourth-order valence-electron chi connectivity index (χ4n) is 5.36. The van der Waals surface area contributed by atoms with E-state index in [1.807, 2.05) is 30.3 Å². The number of H-pyrrole nitrogens is 2. The molecule has 220 valence electrons. The molecule has 0 bridgehead atoms. The lowest BCUT2D eigenvalue weighted by atomic mass is 10.0. The van der Waals surface area contributed by atoms with Crippen LogP contribution in [0, 0.1) is 6.92 Å². The van der Waals surface area contributed by atoms with Gasteiger partial charge in [0.2, 0.25) is 0 Å². The SMILES string of the molecule is COCc1nc2c(-c3ccccc3)c(C)[nH]n2c(=O)c1-c1c(COC)nc2c(-c3ccccc3)c(C(F)(F)F)[nH]n2c1=O. The summed E-state index contributed by atoms with van der Waals surface area (Å²) in [4.78, 5) is 37.5. The number of aryl methyl sites for hydroxylation is 1. The van der Waals surface area contributed by atoms with Crippen molar-refractivity contribution in [3.63, 3.8) is 0 Å². The van der Waals surface area contributed by atoms with Gasteiger partial charge in [-0.15, -0.1) is 0 Å². The Labute approximate surface area is 241 Å². The third kappa shape index (κ3) is 4.62. The minimum atomic E-state index is -4.84. The van der Waals surface area contributed by atoms with E-state index in [0.29, 0.717) is 21.4 Å². The highest BCUT2D eigenvalue weighted by atomic mass is 19.4. The summed E-state index contributed by atoms with van der Waals surface area (Å²) in [7, 11) is 2.76. The molecule has 0 spiro atoms. The molecule has 4 heterocycles. The molecule has 0 saturated heterocycles. The van der Waals surface area contributed by atoms with Crippen molar-refractivity contribution in [1.82, 2.24) is 29.2 Å². The van der Waals surface area contributed by atoms with Crippen LogP contribution in [0.2, 0.25) is 0 Å². The minimum Gasteiger partial charge on any atom is -0.378 e. The average Bonchev–Trinajstić information content (AvgIpc) is 3.54. The van der Waals surface area contributed by atoms with Crippen molar-refractivity contribution in [2.24, 2.45) is 0 Å². The molecular formula is C30H25F3N6O4. The number of hydrogen-bond donors (Lipinski definition) is 2. The topological polar surface area (TPSA) is 119 Å². The Kier molecular flexibility index (Phi) is 6.98. The summed E-state index contributed by atoms with van der Waals surface area (Å²) in [6.45, 7) is 1.35. The zero-order valence-corrected chi connectivity index (χ0v) is 23.2. The fraction of sp³-hybridized carbons (Fsp3) is 0.200. The molecule has 2 N–H and O–H groups in total. The van der Waals surface area contributed by atoms with Crippen LogP contribution >= 0.6 is 0 Å². The number of halogens is 3. The smallest absolute Gasteiger partial charge is 0.378 e.